The molecule has 1 aliphatic heterocycles. The van der Waals surface area contributed by atoms with Crippen LogP contribution in [0.5, 0.6) is 0 Å². The van der Waals surface area contributed by atoms with Gasteiger partial charge in [-0.15, -0.1) is 0 Å². The van der Waals surface area contributed by atoms with Crippen molar-refractivity contribution in [3.05, 3.63) is 0 Å². The largest absolute Gasteiger partial charge is 0.368 e. The van der Waals surface area contributed by atoms with Crippen molar-refractivity contribution < 1.29 is 9.84 Å². The molecule has 0 spiro atoms. The normalized spacial score (nSPS) is 31.0. The van der Waals surface area contributed by atoms with Crippen LogP contribution >= 0.6 is 0 Å². The number of aliphatic hydroxyl groups is 1. The molecule has 0 aromatic heterocycles. The van der Waals surface area contributed by atoms with Crippen LogP contribution in [0.1, 0.15) is 32.1 Å². The summed E-state index contributed by atoms with van der Waals surface area (Å²) in [5.41, 5.74) is 0. The van der Waals surface area contributed by atoms with E-state index in [4.69, 9.17) is 9.84 Å². The molecule has 1 heterocycles. The van der Waals surface area contributed by atoms with E-state index in [1.807, 2.05) is 0 Å². The Balaban J connectivity index is 2.12. The van der Waals surface area contributed by atoms with E-state index in [0.717, 1.165) is 25.9 Å². The highest BCUT2D eigenvalue weighted by Crippen LogP contribution is 2.10. The van der Waals surface area contributed by atoms with Gasteiger partial charge in [0.15, 0.2) is 6.29 Å². The number of ether oxygens (including phenoxy) is 1. The van der Waals surface area contributed by atoms with Crippen LogP contribution in [-0.2, 0) is 4.74 Å². The van der Waals surface area contributed by atoms with Crippen molar-refractivity contribution in [2.24, 2.45) is 0 Å². The predicted octanol–water partition coefficient (Wildman–Crippen LogP) is 1.29. The van der Waals surface area contributed by atoms with E-state index in [9.17, 15) is 0 Å². The molecule has 0 amide bonds. The van der Waals surface area contributed by atoms with Crippen LogP contribution in [0.25, 0.3) is 0 Å². The Morgan fingerprint density at radius 1 is 1.11 bits per heavy atom. The van der Waals surface area contributed by atoms with Crippen molar-refractivity contribution >= 4 is 0 Å². The van der Waals surface area contributed by atoms with E-state index in [-0.39, 0.29) is 0 Å². The summed E-state index contributed by atoms with van der Waals surface area (Å²) in [5, 5.41) is 8.99. The smallest absolute Gasteiger partial charge is 0.154 e. The second-order valence-corrected chi connectivity index (χ2v) is 2.53. The highest BCUT2D eigenvalue weighted by molar-refractivity contribution is 4.50. The summed E-state index contributed by atoms with van der Waals surface area (Å²) in [6.45, 7) is 0.737. The van der Waals surface area contributed by atoms with Gasteiger partial charge in [0.25, 0.3) is 0 Å². The number of hydrogen-bond donors (Lipinski definition) is 1. The fourth-order valence-corrected chi connectivity index (χ4v) is 1.08. The molecule has 54 valence electrons. The van der Waals surface area contributed by atoms with E-state index in [0.29, 0.717) is 0 Å². The van der Waals surface area contributed by atoms with Gasteiger partial charge in [-0.2, -0.15) is 0 Å². The van der Waals surface area contributed by atoms with Crippen molar-refractivity contribution in [1.29, 1.82) is 0 Å². The average molecular weight is 130 g/mol. The first-order chi connectivity index (χ1) is 4.39. The van der Waals surface area contributed by atoms with E-state index in [1.54, 1.807) is 0 Å². The van der Waals surface area contributed by atoms with Gasteiger partial charge in [0.2, 0.25) is 0 Å². The maximum Gasteiger partial charge on any atom is 0.154 e. The van der Waals surface area contributed by atoms with Gasteiger partial charge in [0.1, 0.15) is 0 Å². The van der Waals surface area contributed by atoms with E-state index in [2.05, 4.69) is 0 Å². The van der Waals surface area contributed by atoms with Crippen LogP contribution in [0.2, 0.25) is 0 Å². The van der Waals surface area contributed by atoms with Crippen LogP contribution < -0.4 is 0 Å². The van der Waals surface area contributed by atoms with Gasteiger partial charge in [-0.05, 0) is 19.3 Å². The molecule has 1 aliphatic rings. The third-order valence-corrected chi connectivity index (χ3v) is 1.66. The number of hydrogen-bond acceptors (Lipinski definition) is 2. The zero-order valence-electron chi connectivity index (χ0n) is 5.68. The molecule has 1 unspecified atom stereocenters. The summed E-state index contributed by atoms with van der Waals surface area (Å²) in [6.07, 6.45) is 5.07. The number of aliphatic hydroxyl groups excluding tert-OH is 1. The molecule has 1 atom stereocenters. The molecular formula is C7H14O2. The molecule has 1 rings (SSSR count). The lowest BCUT2D eigenvalue weighted by atomic mass is 10.1. The number of rotatable bonds is 0. The third kappa shape index (κ3) is 2.82. The van der Waals surface area contributed by atoms with Crippen LogP contribution in [0.4, 0.5) is 0 Å². The Morgan fingerprint density at radius 2 is 1.89 bits per heavy atom. The maximum absolute atomic E-state index is 8.99. The van der Waals surface area contributed by atoms with E-state index < -0.39 is 6.29 Å². The zero-order valence-corrected chi connectivity index (χ0v) is 5.68. The van der Waals surface area contributed by atoms with Gasteiger partial charge in [0.05, 0.1) is 0 Å². The molecule has 0 aliphatic carbocycles. The van der Waals surface area contributed by atoms with Gasteiger partial charge in [-0.1, -0.05) is 12.8 Å². The highest BCUT2D eigenvalue weighted by atomic mass is 16.6. The Labute approximate surface area is 55.8 Å². The fourth-order valence-electron chi connectivity index (χ4n) is 1.08. The summed E-state index contributed by atoms with van der Waals surface area (Å²) in [6, 6.07) is 0. The minimum atomic E-state index is -0.481. The summed E-state index contributed by atoms with van der Waals surface area (Å²) < 4.78 is 5.04. The Hall–Kier alpha value is -0.0800. The van der Waals surface area contributed by atoms with Gasteiger partial charge < -0.3 is 9.84 Å². The maximum atomic E-state index is 8.99. The fraction of sp³-hybridized carbons (Fsp3) is 1.00. The van der Waals surface area contributed by atoms with Crippen LogP contribution in [-0.4, -0.2) is 18.0 Å². The van der Waals surface area contributed by atoms with Crippen molar-refractivity contribution in [2.45, 2.75) is 38.4 Å². The molecular weight excluding hydrogens is 116 g/mol. The molecule has 0 aromatic carbocycles. The molecule has 2 nitrogen and oxygen atoms in total. The Bertz CT molecular complexity index is 65.3. The van der Waals surface area contributed by atoms with Crippen molar-refractivity contribution in [3.63, 3.8) is 0 Å². The molecule has 0 radical (unpaired) electrons. The lowest BCUT2D eigenvalue weighted by Gasteiger charge is -2.14. The SMILES string of the molecule is OC1CCCCCCO1. The van der Waals surface area contributed by atoms with Gasteiger partial charge in [-0.25, -0.2) is 0 Å². The summed E-state index contributed by atoms with van der Waals surface area (Å²) in [4.78, 5) is 0. The molecule has 0 bridgehead atoms. The molecule has 9 heavy (non-hydrogen) atoms. The molecule has 0 aromatic rings. The second kappa shape index (κ2) is 3.85. The van der Waals surface area contributed by atoms with Crippen molar-refractivity contribution in [3.8, 4) is 0 Å². The summed E-state index contributed by atoms with van der Waals surface area (Å²) in [7, 11) is 0. The van der Waals surface area contributed by atoms with E-state index in [1.165, 1.54) is 12.8 Å². The molecule has 1 saturated heterocycles. The lowest BCUT2D eigenvalue weighted by molar-refractivity contribution is -0.109. The van der Waals surface area contributed by atoms with Crippen LogP contribution in [0.15, 0.2) is 0 Å². The predicted molar refractivity (Wildman–Crippen MR) is 35.0 cm³/mol. The molecule has 2 heteroatoms. The van der Waals surface area contributed by atoms with Crippen molar-refractivity contribution in [2.75, 3.05) is 6.61 Å². The van der Waals surface area contributed by atoms with Crippen LogP contribution in [0.3, 0.4) is 0 Å². The lowest BCUT2D eigenvalue weighted by Crippen LogP contribution is -2.14. The highest BCUT2D eigenvalue weighted by Gasteiger charge is 2.05. The standard InChI is InChI=1S/C7H14O2/c8-7-5-3-1-2-4-6-9-7/h7-8H,1-6H2. The van der Waals surface area contributed by atoms with Gasteiger partial charge >= 0.3 is 0 Å². The van der Waals surface area contributed by atoms with Gasteiger partial charge in [0, 0.05) is 6.61 Å². The first-order valence-electron chi connectivity index (χ1n) is 3.69. The quantitative estimate of drug-likeness (QED) is 0.535. The second-order valence-electron chi connectivity index (χ2n) is 2.53. The zero-order chi connectivity index (χ0) is 6.53. The molecule has 1 N–H and O–H groups in total. The average Bonchev–Trinajstić information content (AvgIpc) is 1.79. The first-order valence-corrected chi connectivity index (χ1v) is 3.69. The van der Waals surface area contributed by atoms with Crippen molar-refractivity contribution in [1.82, 2.24) is 0 Å². The first kappa shape index (κ1) is 7.03. The minimum absolute atomic E-state index is 0.481. The van der Waals surface area contributed by atoms with Crippen LogP contribution in [0, 0.1) is 0 Å². The van der Waals surface area contributed by atoms with Gasteiger partial charge in [-0.3, -0.25) is 0 Å². The topological polar surface area (TPSA) is 29.5 Å². The van der Waals surface area contributed by atoms with E-state index >= 15 is 0 Å². The Kier molecular flexibility index (Phi) is 3.01. The molecule has 1 fully saturated rings. The molecule has 0 saturated carbocycles. The Morgan fingerprint density at radius 3 is 2.78 bits per heavy atom. The minimum Gasteiger partial charge on any atom is -0.368 e. The summed E-state index contributed by atoms with van der Waals surface area (Å²) >= 11 is 0. The monoisotopic (exact) mass is 130 g/mol. The third-order valence-electron chi connectivity index (χ3n) is 1.66. The summed E-state index contributed by atoms with van der Waals surface area (Å²) in [5.74, 6) is 0.